The van der Waals surface area contributed by atoms with Gasteiger partial charge in [0.1, 0.15) is 0 Å². The minimum Gasteiger partial charge on any atom is -0.321 e. The molecule has 1 unspecified atom stereocenters. The third-order valence-electron chi connectivity index (χ3n) is 2.26. The number of hydrogen-bond donors (Lipinski definition) is 1. The van der Waals surface area contributed by atoms with E-state index in [9.17, 15) is 4.79 Å². The van der Waals surface area contributed by atoms with E-state index in [1.54, 1.807) is 12.3 Å². The third-order valence-corrected chi connectivity index (χ3v) is 2.26. The van der Waals surface area contributed by atoms with Crippen molar-refractivity contribution in [3.05, 3.63) is 29.6 Å². The molecule has 0 aliphatic carbocycles. The van der Waals surface area contributed by atoms with Crippen LogP contribution in [-0.2, 0) is 0 Å². The fourth-order valence-corrected chi connectivity index (χ4v) is 1.44. The average molecular weight is 206 g/mol. The molecule has 1 rings (SSSR count). The fourth-order valence-electron chi connectivity index (χ4n) is 1.44. The van der Waals surface area contributed by atoms with E-state index < -0.39 is 6.04 Å². The van der Waals surface area contributed by atoms with Gasteiger partial charge in [0.05, 0.1) is 6.04 Å². The topological polar surface area (TPSA) is 56.0 Å². The summed E-state index contributed by atoms with van der Waals surface area (Å²) < 4.78 is 0. The summed E-state index contributed by atoms with van der Waals surface area (Å²) in [5, 5.41) is 0. The molecule has 82 valence electrons. The molecule has 3 nitrogen and oxygen atoms in total. The first-order valence-electron chi connectivity index (χ1n) is 5.23. The molecule has 1 aromatic heterocycles. The monoisotopic (exact) mass is 206 g/mol. The summed E-state index contributed by atoms with van der Waals surface area (Å²) in [6, 6.07) is 3.20. The Morgan fingerprint density at radius 1 is 1.47 bits per heavy atom. The van der Waals surface area contributed by atoms with Crippen molar-refractivity contribution in [3.63, 3.8) is 0 Å². The third kappa shape index (κ3) is 3.44. The highest BCUT2D eigenvalue weighted by molar-refractivity contribution is 5.99. The highest BCUT2D eigenvalue weighted by Gasteiger charge is 2.16. The van der Waals surface area contributed by atoms with Gasteiger partial charge in [0.25, 0.3) is 0 Å². The maximum Gasteiger partial charge on any atom is 0.181 e. The van der Waals surface area contributed by atoms with Crippen LogP contribution in [-0.4, -0.2) is 16.8 Å². The lowest BCUT2D eigenvalue weighted by molar-refractivity contribution is 0.0950. The summed E-state index contributed by atoms with van der Waals surface area (Å²) in [7, 11) is 0. The van der Waals surface area contributed by atoms with Crippen molar-refractivity contribution in [1.29, 1.82) is 0 Å². The zero-order chi connectivity index (χ0) is 11.4. The Kier molecular flexibility index (Phi) is 3.97. The van der Waals surface area contributed by atoms with Crippen LogP contribution in [0.15, 0.2) is 18.3 Å². The Balaban J connectivity index is 2.72. The van der Waals surface area contributed by atoms with Crippen molar-refractivity contribution >= 4 is 5.78 Å². The number of aryl methyl sites for hydroxylation is 1. The van der Waals surface area contributed by atoms with Gasteiger partial charge in [-0.25, -0.2) is 0 Å². The zero-order valence-electron chi connectivity index (χ0n) is 9.53. The number of rotatable bonds is 4. The summed E-state index contributed by atoms with van der Waals surface area (Å²) in [6.07, 6.45) is 2.31. The molecular formula is C12H18N2O. The first-order chi connectivity index (χ1) is 7.00. The number of Topliss-reactive ketones (excluding diaryl/α,β-unsaturated/α-hetero) is 1. The Bertz CT molecular complexity index is 330. The van der Waals surface area contributed by atoms with Crippen LogP contribution >= 0.6 is 0 Å². The van der Waals surface area contributed by atoms with E-state index in [1.165, 1.54) is 0 Å². The quantitative estimate of drug-likeness (QED) is 0.766. The maximum atomic E-state index is 11.8. The summed E-state index contributed by atoms with van der Waals surface area (Å²) >= 11 is 0. The molecule has 0 aliphatic rings. The van der Waals surface area contributed by atoms with Crippen molar-refractivity contribution in [2.75, 3.05) is 0 Å². The fraction of sp³-hybridized carbons (Fsp3) is 0.500. The molecule has 0 fully saturated rings. The second-order valence-electron chi connectivity index (χ2n) is 4.29. The lowest BCUT2D eigenvalue weighted by atomic mass is 9.97. The van der Waals surface area contributed by atoms with Gasteiger partial charge >= 0.3 is 0 Å². The minimum atomic E-state index is -0.408. The highest BCUT2D eigenvalue weighted by atomic mass is 16.1. The predicted molar refractivity (Wildman–Crippen MR) is 60.7 cm³/mol. The molecule has 15 heavy (non-hydrogen) atoms. The number of nitrogens with two attached hydrogens (primary N) is 1. The highest BCUT2D eigenvalue weighted by Crippen LogP contribution is 2.09. The van der Waals surface area contributed by atoms with Gasteiger partial charge in [-0.2, -0.15) is 0 Å². The number of carbonyl (C=O) groups excluding carboxylic acids is 1. The van der Waals surface area contributed by atoms with Gasteiger partial charge in [0, 0.05) is 17.5 Å². The SMILES string of the molecule is Cc1ccc(C(=O)C(N)CC(C)C)cn1. The van der Waals surface area contributed by atoms with Gasteiger partial charge < -0.3 is 5.73 Å². The summed E-state index contributed by atoms with van der Waals surface area (Å²) in [5.74, 6) is 0.415. The van der Waals surface area contributed by atoms with Crippen molar-refractivity contribution in [1.82, 2.24) is 4.98 Å². The van der Waals surface area contributed by atoms with E-state index in [0.29, 0.717) is 17.9 Å². The smallest absolute Gasteiger partial charge is 0.181 e. The summed E-state index contributed by atoms with van der Waals surface area (Å²) in [5.41, 5.74) is 7.32. The van der Waals surface area contributed by atoms with Crippen LogP contribution < -0.4 is 5.73 Å². The molecule has 1 aromatic rings. The van der Waals surface area contributed by atoms with Gasteiger partial charge in [0.15, 0.2) is 5.78 Å². The minimum absolute atomic E-state index is 0.0174. The largest absolute Gasteiger partial charge is 0.321 e. The van der Waals surface area contributed by atoms with Crippen LogP contribution in [0.5, 0.6) is 0 Å². The molecule has 2 N–H and O–H groups in total. The number of nitrogens with zero attached hydrogens (tertiary/aromatic N) is 1. The van der Waals surface area contributed by atoms with E-state index in [0.717, 1.165) is 5.69 Å². The molecule has 1 atom stereocenters. The maximum absolute atomic E-state index is 11.8. The molecule has 1 heterocycles. The van der Waals surface area contributed by atoms with E-state index in [-0.39, 0.29) is 5.78 Å². The number of aromatic nitrogens is 1. The van der Waals surface area contributed by atoms with Crippen LogP contribution in [0.25, 0.3) is 0 Å². The van der Waals surface area contributed by atoms with Crippen LogP contribution in [0.3, 0.4) is 0 Å². The zero-order valence-corrected chi connectivity index (χ0v) is 9.53. The molecule has 3 heteroatoms. The summed E-state index contributed by atoms with van der Waals surface area (Å²) in [4.78, 5) is 15.9. The molecule has 0 bridgehead atoms. The Hall–Kier alpha value is -1.22. The van der Waals surface area contributed by atoms with Crippen molar-refractivity contribution < 1.29 is 4.79 Å². The van der Waals surface area contributed by atoms with Crippen LogP contribution in [0.1, 0.15) is 36.3 Å². The lowest BCUT2D eigenvalue weighted by Crippen LogP contribution is -2.32. The first kappa shape index (κ1) is 11.9. The molecule has 0 saturated heterocycles. The number of carbonyl (C=O) groups is 1. The van der Waals surface area contributed by atoms with Crippen molar-refractivity contribution in [3.8, 4) is 0 Å². The molecule has 0 aliphatic heterocycles. The lowest BCUT2D eigenvalue weighted by Gasteiger charge is -2.12. The van der Waals surface area contributed by atoms with Crippen molar-refractivity contribution in [2.45, 2.75) is 33.2 Å². The van der Waals surface area contributed by atoms with E-state index in [4.69, 9.17) is 5.73 Å². The van der Waals surface area contributed by atoms with Gasteiger partial charge in [-0.05, 0) is 31.4 Å². The Morgan fingerprint density at radius 2 is 2.13 bits per heavy atom. The Morgan fingerprint density at radius 3 is 2.60 bits per heavy atom. The van der Waals surface area contributed by atoms with Gasteiger partial charge in [-0.1, -0.05) is 13.8 Å². The molecule has 0 spiro atoms. The predicted octanol–water partition coefficient (Wildman–Crippen LogP) is 1.95. The van der Waals surface area contributed by atoms with Crippen molar-refractivity contribution in [2.24, 2.45) is 11.7 Å². The van der Waals surface area contributed by atoms with E-state index in [2.05, 4.69) is 18.8 Å². The van der Waals surface area contributed by atoms with E-state index in [1.807, 2.05) is 13.0 Å². The summed E-state index contributed by atoms with van der Waals surface area (Å²) in [6.45, 7) is 6.00. The average Bonchev–Trinajstić information content (AvgIpc) is 2.17. The molecule has 0 aromatic carbocycles. The number of ketones is 1. The van der Waals surface area contributed by atoms with Crippen LogP contribution in [0.2, 0.25) is 0 Å². The molecule has 0 amide bonds. The van der Waals surface area contributed by atoms with Crippen LogP contribution in [0.4, 0.5) is 0 Å². The van der Waals surface area contributed by atoms with Crippen LogP contribution in [0, 0.1) is 12.8 Å². The first-order valence-corrected chi connectivity index (χ1v) is 5.23. The normalized spacial score (nSPS) is 12.9. The van der Waals surface area contributed by atoms with Gasteiger partial charge in [-0.15, -0.1) is 0 Å². The number of hydrogen-bond acceptors (Lipinski definition) is 3. The van der Waals surface area contributed by atoms with Gasteiger partial charge in [-0.3, -0.25) is 9.78 Å². The standard InChI is InChI=1S/C12H18N2O/c1-8(2)6-11(13)12(15)10-5-4-9(3)14-7-10/h4-5,7-8,11H,6,13H2,1-3H3. The van der Waals surface area contributed by atoms with Gasteiger partial charge in [0.2, 0.25) is 0 Å². The number of pyridine rings is 1. The molecular weight excluding hydrogens is 188 g/mol. The second-order valence-corrected chi connectivity index (χ2v) is 4.29. The Labute approximate surface area is 90.7 Å². The molecule has 0 radical (unpaired) electrons. The molecule has 0 saturated carbocycles. The van der Waals surface area contributed by atoms with E-state index >= 15 is 0 Å². The second kappa shape index (κ2) is 5.03.